The second-order valence-electron chi connectivity index (χ2n) is 9.09. The summed E-state index contributed by atoms with van der Waals surface area (Å²) in [6.07, 6.45) is 6.51. The number of aliphatic imine (C=N–C) groups is 1. The number of halogens is 3. The average Bonchev–Trinajstić information content (AvgIpc) is 3.30. The zero-order valence-corrected chi connectivity index (χ0v) is 20.0. The molecule has 1 amide bonds. The van der Waals surface area contributed by atoms with Gasteiger partial charge in [0.25, 0.3) is 11.8 Å². The van der Waals surface area contributed by atoms with Gasteiger partial charge in [-0.15, -0.1) is 0 Å². The van der Waals surface area contributed by atoms with Gasteiger partial charge in [0.1, 0.15) is 0 Å². The summed E-state index contributed by atoms with van der Waals surface area (Å²) in [6, 6.07) is 9.00. The molecule has 3 N–H and O–H groups in total. The van der Waals surface area contributed by atoms with Crippen LogP contribution in [0.5, 0.6) is 0 Å². The standard InChI is InChI=1S/C25H32ClF2N5O/c26-21-9-4-3-8-20(21)23(31-18-6-1-2-7-18)16-22(30)24(34)32-19(10-13-29)11-15-33-14-5-12-25(27,28)17-33/h3-4,8-9,16,18-19H,1-2,5-7,10-12,14-15,17,30H2,(H,32,34). The van der Waals surface area contributed by atoms with Crippen LogP contribution in [0.15, 0.2) is 41.0 Å². The lowest BCUT2D eigenvalue weighted by molar-refractivity contribution is -0.118. The summed E-state index contributed by atoms with van der Waals surface area (Å²) in [5.74, 6) is -3.21. The number of rotatable bonds is 9. The lowest BCUT2D eigenvalue weighted by atomic mass is 10.1. The quantitative estimate of drug-likeness (QED) is 0.394. The number of nitrogens with zero attached hydrogens (tertiary/aromatic N) is 3. The Bertz CT molecular complexity index is 953. The highest BCUT2D eigenvalue weighted by molar-refractivity contribution is 6.35. The minimum absolute atomic E-state index is 0.0379. The molecule has 1 unspecified atom stereocenters. The molecule has 0 radical (unpaired) electrons. The summed E-state index contributed by atoms with van der Waals surface area (Å²) in [7, 11) is 0. The molecular weight excluding hydrogens is 460 g/mol. The number of nitrogens with two attached hydrogens (primary N) is 1. The van der Waals surface area contributed by atoms with Gasteiger partial charge in [0.15, 0.2) is 0 Å². The third kappa shape index (κ3) is 7.78. The van der Waals surface area contributed by atoms with Gasteiger partial charge in [-0.25, -0.2) is 8.78 Å². The second-order valence-corrected chi connectivity index (χ2v) is 9.50. The number of alkyl halides is 2. The molecule has 1 aromatic carbocycles. The number of carbonyl (C=O) groups excluding carboxylic acids is 1. The molecule has 1 atom stereocenters. The maximum Gasteiger partial charge on any atom is 0.267 e. The van der Waals surface area contributed by atoms with Crippen molar-refractivity contribution >= 4 is 23.2 Å². The normalized spacial score (nSPS) is 20.6. The summed E-state index contributed by atoms with van der Waals surface area (Å²) in [5, 5.41) is 12.5. The predicted octanol–water partition coefficient (Wildman–Crippen LogP) is 4.43. The Morgan fingerprint density at radius 3 is 2.76 bits per heavy atom. The average molecular weight is 492 g/mol. The monoisotopic (exact) mass is 491 g/mol. The first-order valence-corrected chi connectivity index (χ1v) is 12.2. The molecule has 1 aromatic rings. The molecule has 6 nitrogen and oxygen atoms in total. The van der Waals surface area contributed by atoms with Gasteiger partial charge in [0.05, 0.1) is 36.5 Å². The van der Waals surface area contributed by atoms with Crippen molar-refractivity contribution in [2.24, 2.45) is 10.7 Å². The van der Waals surface area contributed by atoms with E-state index in [0.29, 0.717) is 42.2 Å². The van der Waals surface area contributed by atoms with Crippen molar-refractivity contribution in [1.29, 1.82) is 5.26 Å². The third-order valence-corrected chi connectivity index (χ3v) is 6.62. The Hall–Kier alpha value is -2.50. The first-order valence-electron chi connectivity index (χ1n) is 11.9. The summed E-state index contributed by atoms with van der Waals surface area (Å²) in [5.41, 5.74) is 7.35. The van der Waals surface area contributed by atoms with Gasteiger partial charge in [-0.2, -0.15) is 5.26 Å². The molecule has 1 saturated heterocycles. The number of hydrogen-bond donors (Lipinski definition) is 2. The Kier molecular flexibility index (Phi) is 9.43. The highest BCUT2D eigenvalue weighted by Gasteiger charge is 2.35. The molecule has 1 heterocycles. The number of hydrogen-bond acceptors (Lipinski definition) is 5. The zero-order chi connectivity index (χ0) is 24.6. The molecule has 9 heteroatoms. The molecule has 1 aliphatic carbocycles. The highest BCUT2D eigenvalue weighted by atomic mass is 35.5. The van der Waals surface area contributed by atoms with Crippen LogP contribution in [0.1, 0.15) is 56.9 Å². The van der Waals surface area contributed by atoms with Crippen molar-refractivity contribution in [3.8, 4) is 6.07 Å². The molecule has 3 rings (SSSR count). The largest absolute Gasteiger partial charge is 0.394 e. The van der Waals surface area contributed by atoms with Crippen molar-refractivity contribution in [3.05, 3.63) is 46.6 Å². The molecule has 1 saturated carbocycles. The molecule has 1 aliphatic heterocycles. The van der Waals surface area contributed by atoms with Crippen LogP contribution in [0.3, 0.4) is 0 Å². The van der Waals surface area contributed by atoms with E-state index in [0.717, 1.165) is 25.7 Å². The summed E-state index contributed by atoms with van der Waals surface area (Å²) in [4.78, 5) is 19.3. The third-order valence-electron chi connectivity index (χ3n) is 6.29. The molecule has 2 aliphatic rings. The fourth-order valence-corrected chi connectivity index (χ4v) is 4.71. The maximum absolute atomic E-state index is 13.7. The number of nitrogens with one attached hydrogen (secondary N) is 1. The van der Waals surface area contributed by atoms with Gasteiger partial charge in [-0.1, -0.05) is 42.6 Å². The minimum Gasteiger partial charge on any atom is -0.394 e. The van der Waals surface area contributed by atoms with Gasteiger partial charge in [-0.05, 0) is 44.4 Å². The summed E-state index contributed by atoms with van der Waals surface area (Å²) < 4.78 is 27.3. The van der Waals surface area contributed by atoms with Crippen LogP contribution in [0.25, 0.3) is 0 Å². The number of piperidine rings is 1. The van der Waals surface area contributed by atoms with E-state index in [1.54, 1.807) is 11.0 Å². The van der Waals surface area contributed by atoms with E-state index >= 15 is 0 Å². The van der Waals surface area contributed by atoms with E-state index in [2.05, 4.69) is 11.4 Å². The van der Waals surface area contributed by atoms with Crippen LogP contribution in [-0.4, -0.2) is 54.2 Å². The van der Waals surface area contributed by atoms with E-state index in [1.165, 1.54) is 6.08 Å². The van der Waals surface area contributed by atoms with Gasteiger partial charge in [0, 0.05) is 29.6 Å². The van der Waals surface area contributed by atoms with Gasteiger partial charge in [0.2, 0.25) is 0 Å². The predicted molar refractivity (Wildman–Crippen MR) is 130 cm³/mol. The van der Waals surface area contributed by atoms with Crippen molar-refractivity contribution in [2.45, 2.75) is 69.4 Å². The van der Waals surface area contributed by atoms with Crippen LogP contribution >= 0.6 is 11.6 Å². The number of allylic oxidation sites excluding steroid dienone is 1. The molecule has 0 spiro atoms. The number of nitriles is 1. The smallest absolute Gasteiger partial charge is 0.267 e. The fourth-order valence-electron chi connectivity index (χ4n) is 4.48. The first-order chi connectivity index (χ1) is 16.3. The highest BCUT2D eigenvalue weighted by Crippen LogP contribution is 2.27. The van der Waals surface area contributed by atoms with Crippen molar-refractivity contribution < 1.29 is 13.6 Å². The SMILES string of the molecule is N#CCC(CCN1CCCC(F)(F)C1)NC(=O)C(N)=CC(=NC1CCCC1)c1ccccc1Cl. The molecule has 0 aromatic heterocycles. The van der Waals surface area contributed by atoms with Crippen LogP contribution in [0, 0.1) is 11.3 Å². The number of likely N-dealkylation sites (tertiary alicyclic amines) is 1. The Labute approximate surface area is 204 Å². The lowest BCUT2D eigenvalue weighted by Crippen LogP contribution is -2.45. The Balaban J connectivity index is 1.69. The molecule has 2 fully saturated rings. The molecule has 184 valence electrons. The second kappa shape index (κ2) is 12.3. The minimum atomic E-state index is -2.69. The number of amides is 1. The molecule has 34 heavy (non-hydrogen) atoms. The zero-order valence-electron chi connectivity index (χ0n) is 19.3. The molecule has 0 bridgehead atoms. The maximum atomic E-state index is 13.7. The van der Waals surface area contributed by atoms with Crippen molar-refractivity contribution in [2.75, 3.05) is 19.6 Å². The molecular formula is C25H32ClF2N5O. The van der Waals surface area contributed by atoms with Crippen molar-refractivity contribution in [3.63, 3.8) is 0 Å². The summed E-state index contributed by atoms with van der Waals surface area (Å²) >= 11 is 6.38. The fraction of sp³-hybridized carbons (Fsp3) is 0.560. The van der Waals surface area contributed by atoms with Gasteiger partial charge < -0.3 is 11.1 Å². The Morgan fingerprint density at radius 2 is 2.09 bits per heavy atom. The van der Waals surface area contributed by atoms with E-state index in [9.17, 15) is 18.8 Å². The van der Waals surface area contributed by atoms with Crippen LogP contribution in [0.4, 0.5) is 8.78 Å². The van der Waals surface area contributed by atoms with E-state index in [1.807, 2.05) is 18.2 Å². The van der Waals surface area contributed by atoms with E-state index in [-0.39, 0.29) is 31.1 Å². The first kappa shape index (κ1) is 26.1. The van der Waals surface area contributed by atoms with E-state index < -0.39 is 17.9 Å². The van der Waals surface area contributed by atoms with Crippen LogP contribution < -0.4 is 11.1 Å². The van der Waals surface area contributed by atoms with Crippen LogP contribution in [0.2, 0.25) is 5.02 Å². The lowest BCUT2D eigenvalue weighted by Gasteiger charge is -2.33. The topological polar surface area (TPSA) is 94.5 Å². The number of benzene rings is 1. The number of carbonyl (C=O) groups is 1. The van der Waals surface area contributed by atoms with Gasteiger partial charge in [-0.3, -0.25) is 14.7 Å². The summed E-state index contributed by atoms with van der Waals surface area (Å²) in [6.45, 7) is 0.671. The van der Waals surface area contributed by atoms with E-state index in [4.69, 9.17) is 22.3 Å². The Morgan fingerprint density at radius 1 is 1.35 bits per heavy atom. The van der Waals surface area contributed by atoms with Gasteiger partial charge >= 0.3 is 0 Å². The van der Waals surface area contributed by atoms with Crippen molar-refractivity contribution in [1.82, 2.24) is 10.2 Å². The van der Waals surface area contributed by atoms with Crippen LogP contribution in [-0.2, 0) is 4.79 Å².